The van der Waals surface area contributed by atoms with Crippen LogP contribution in [0, 0.1) is 0 Å². The molecule has 7 heteroatoms. The molecule has 0 aliphatic rings. The standard InChI is InChI=1S/C9H8F3NO3/c1-16-7-5(3-9(10,11)12)2-6(4-13-7)8(14)15/h2,4H,3H2,1H3,(H,14,15). The number of aromatic nitrogens is 1. The fraction of sp³-hybridized carbons (Fsp3) is 0.333. The summed E-state index contributed by atoms with van der Waals surface area (Å²) in [6.07, 6.45) is -4.77. The van der Waals surface area contributed by atoms with Gasteiger partial charge in [-0.05, 0) is 6.07 Å². The van der Waals surface area contributed by atoms with Crippen LogP contribution < -0.4 is 4.74 Å². The quantitative estimate of drug-likeness (QED) is 0.869. The van der Waals surface area contributed by atoms with Crippen LogP contribution in [0.2, 0.25) is 0 Å². The number of hydrogen-bond donors (Lipinski definition) is 1. The third-order valence-electron chi connectivity index (χ3n) is 1.76. The minimum atomic E-state index is -4.44. The number of methoxy groups -OCH3 is 1. The monoisotopic (exact) mass is 235 g/mol. The molecule has 1 aromatic rings. The molecular weight excluding hydrogens is 227 g/mol. The summed E-state index contributed by atoms with van der Waals surface area (Å²) in [5, 5.41) is 8.61. The Bertz CT molecular complexity index is 403. The van der Waals surface area contributed by atoms with Gasteiger partial charge in [0.15, 0.2) is 0 Å². The molecule has 0 radical (unpaired) electrons. The average Bonchev–Trinajstić information content (AvgIpc) is 2.15. The lowest BCUT2D eigenvalue weighted by molar-refractivity contribution is -0.127. The number of nitrogens with zero attached hydrogens (tertiary/aromatic N) is 1. The van der Waals surface area contributed by atoms with Crippen molar-refractivity contribution >= 4 is 5.97 Å². The summed E-state index contributed by atoms with van der Waals surface area (Å²) in [4.78, 5) is 14.1. The first kappa shape index (κ1) is 12.3. The topological polar surface area (TPSA) is 59.4 Å². The van der Waals surface area contributed by atoms with E-state index in [0.717, 1.165) is 12.3 Å². The van der Waals surface area contributed by atoms with Crippen molar-refractivity contribution in [2.75, 3.05) is 7.11 Å². The van der Waals surface area contributed by atoms with Crippen molar-refractivity contribution in [2.24, 2.45) is 0 Å². The maximum atomic E-state index is 12.2. The number of carbonyl (C=O) groups is 1. The number of alkyl halides is 3. The summed E-state index contributed by atoms with van der Waals surface area (Å²) < 4.78 is 41.1. The van der Waals surface area contributed by atoms with Gasteiger partial charge in [-0.15, -0.1) is 0 Å². The lowest BCUT2D eigenvalue weighted by Crippen LogP contribution is -2.14. The van der Waals surface area contributed by atoms with Gasteiger partial charge in [0.1, 0.15) is 0 Å². The molecule has 0 bridgehead atoms. The van der Waals surface area contributed by atoms with Gasteiger partial charge < -0.3 is 9.84 Å². The molecule has 88 valence electrons. The first-order valence-corrected chi connectivity index (χ1v) is 4.16. The number of rotatable bonds is 3. The summed E-state index contributed by atoms with van der Waals surface area (Å²) in [5.74, 6) is -1.55. The fourth-order valence-electron chi connectivity index (χ4n) is 1.14. The van der Waals surface area contributed by atoms with Crippen LogP contribution in [0.3, 0.4) is 0 Å². The fourth-order valence-corrected chi connectivity index (χ4v) is 1.14. The van der Waals surface area contributed by atoms with E-state index in [1.54, 1.807) is 0 Å². The van der Waals surface area contributed by atoms with Gasteiger partial charge in [0, 0.05) is 11.8 Å². The summed E-state index contributed by atoms with van der Waals surface area (Å²) in [5.41, 5.74) is -0.602. The largest absolute Gasteiger partial charge is 0.481 e. The van der Waals surface area contributed by atoms with Crippen LogP contribution in [-0.4, -0.2) is 29.3 Å². The molecule has 1 N–H and O–H groups in total. The molecule has 4 nitrogen and oxygen atoms in total. The molecule has 0 unspecified atom stereocenters. The van der Waals surface area contributed by atoms with Crippen molar-refractivity contribution < 1.29 is 27.8 Å². The van der Waals surface area contributed by atoms with Gasteiger partial charge in [-0.1, -0.05) is 0 Å². The molecule has 0 aliphatic carbocycles. The van der Waals surface area contributed by atoms with Gasteiger partial charge in [-0.3, -0.25) is 0 Å². The second-order valence-electron chi connectivity index (χ2n) is 2.99. The maximum Gasteiger partial charge on any atom is 0.393 e. The highest BCUT2D eigenvalue weighted by atomic mass is 19.4. The second kappa shape index (κ2) is 4.38. The van der Waals surface area contributed by atoms with Crippen LogP contribution >= 0.6 is 0 Å². The number of carboxylic acid groups (broad SMARTS) is 1. The molecule has 0 aliphatic heterocycles. The maximum absolute atomic E-state index is 12.2. The molecule has 0 saturated carbocycles. The Labute approximate surface area is 88.7 Å². The van der Waals surface area contributed by atoms with E-state index in [9.17, 15) is 18.0 Å². The third kappa shape index (κ3) is 3.11. The first-order valence-electron chi connectivity index (χ1n) is 4.16. The van der Waals surface area contributed by atoms with E-state index < -0.39 is 18.6 Å². The Hall–Kier alpha value is -1.79. The third-order valence-corrected chi connectivity index (χ3v) is 1.76. The van der Waals surface area contributed by atoms with Gasteiger partial charge in [0.2, 0.25) is 5.88 Å². The van der Waals surface area contributed by atoms with Crippen LogP contribution in [0.15, 0.2) is 12.3 Å². The zero-order valence-electron chi connectivity index (χ0n) is 8.21. The summed E-state index contributed by atoms with van der Waals surface area (Å²) in [6.45, 7) is 0. The van der Waals surface area contributed by atoms with E-state index in [1.807, 2.05) is 0 Å². The Morgan fingerprint density at radius 3 is 2.62 bits per heavy atom. The van der Waals surface area contributed by atoms with Crippen molar-refractivity contribution in [1.82, 2.24) is 4.98 Å². The molecule has 0 fully saturated rings. The van der Waals surface area contributed by atoms with Gasteiger partial charge in [-0.25, -0.2) is 9.78 Å². The number of halogens is 3. The van der Waals surface area contributed by atoms with E-state index in [0.29, 0.717) is 0 Å². The number of aromatic carboxylic acids is 1. The highest BCUT2D eigenvalue weighted by Gasteiger charge is 2.30. The van der Waals surface area contributed by atoms with Crippen molar-refractivity contribution in [1.29, 1.82) is 0 Å². The summed E-state index contributed by atoms with van der Waals surface area (Å²) in [6, 6.07) is 0.904. The lowest BCUT2D eigenvalue weighted by Gasteiger charge is -2.10. The van der Waals surface area contributed by atoms with Crippen LogP contribution in [-0.2, 0) is 6.42 Å². The number of ether oxygens (including phenoxy) is 1. The molecule has 0 spiro atoms. The van der Waals surface area contributed by atoms with Crippen molar-refractivity contribution in [3.8, 4) is 5.88 Å². The minimum Gasteiger partial charge on any atom is -0.481 e. The molecule has 1 rings (SSSR count). The molecule has 0 aromatic carbocycles. The predicted molar refractivity (Wildman–Crippen MR) is 47.5 cm³/mol. The highest BCUT2D eigenvalue weighted by molar-refractivity contribution is 5.87. The Morgan fingerprint density at radius 1 is 1.56 bits per heavy atom. The summed E-state index contributed by atoms with van der Waals surface area (Å²) >= 11 is 0. The molecule has 0 atom stereocenters. The van der Waals surface area contributed by atoms with Crippen LogP contribution in [0.5, 0.6) is 5.88 Å². The molecule has 0 saturated heterocycles. The van der Waals surface area contributed by atoms with E-state index in [4.69, 9.17) is 5.11 Å². The lowest BCUT2D eigenvalue weighted by atomic mass is 10.1. The van der Waals surface area contributed by atoms with E-state index >= 15 is 0 Å². The van der Waals surface area contributed by atoms with E-state index in [1.165, 1.54) is 7.11 Å². The normalized spacial score (nSPS) is 11.2. The number of pyridine rings is 1. The van der Waals surface area contributed by atoms with E-state index in [2.05, 4.69) is 9.72 Å². The SMILES string of the molecule is COc1ncc(C(=O)O)cc1CC(F)(F)F. The molecule has 1 heterocycles. The van der Waals surface area contributed by atoms with Crippen molar-refractivity contribution in [3.63, 3.8) is 0 Å². The Kier molecular flexibility index (Phi) is 3.36. The van der Waals surface area contributed by atoms with Crippen LogP contribution in [0.1, 0.15) is 15.9 Å². The van der Waals surface area contributed by atoms with Gasteiger partial charge in [-0.2, -0.15) is 13.2 Å². The molecule has 0 amide bonds. The molecule has 1 aromatic heterocycles. The Balaban J connectivity index is 3.12. The van der Waals surface area contributed by atoms with Crippen molar-refractivity contribution in [2.45, 2.75) is 12.6 Å². The highest BCUT2D eigenvalue weighted by Crippen LogP contribution is 2.26. The number of carboxylic acids is 1. The van der Waals surface area contributed by atoms with Crippen molar-refractivity contribution in [3.05, 3.63) is 23.4 Å². The molecule has 16 heavy (non-hydrogen) atoms. The van der Waals surface area contributed by atoms with Crippen LogP contribution in [0.25, 0.3) is 0 Å². The van der Waals surface area contributed by atoms with Gasteiger partial charge in [0.05, 0.1) is 19.1 Å². The van der Waals surface area contributed by atoms with Gasteiger partial charge in [0.25, 0.3) is 0 Å². The Morgan fingerprint density at radius 2 is 2.19 bits per heavy atom. The zero-order chi connectivity index (χ0) is 12.3. The molecular formula is C9H8F3NO3. The van der Waals surface area contributed by atoms with Gasteiger partial charge >= 0.3 is 12.1 Å². The second-order valence-corrected chi connectivity index (χ2v) is 2.99. The minimum absolute atomic E-state index is 0.220. The first-order chi connectivity index (χ1) is 7.33. The predicted octanol–water partition coefficient (Wildman–Crippen LogP) is 1.89. The summed E-state index contributed by atoms with van der Waals surface area (Å²) in [7, 11) is 1.17. The average molecular weight is 235 g/mol. The van der Waals surface area contributed by atoms with Crippen LogP contribution in [0.4, 0.5) is 13.2 Å². The number of hydrogen-bond acceptors (Lipinski definition) is 3. The van der Waals surface area contributed by atoms with E-state index in [-0.39, 0.29) is 17.0 Å². The zero-order valence-corrected chi connectivity index (χ0v) is 8.21. The smallest absolute Gasteiger partial charge is 0.393 e.